The van der Waals surface area contributed by atoms with Crippen LogP contribution in [0.25, 0.3) is 0 Å². The zero-order valence-corrected chi connectivity index (χ0v) is 26.0. The molecule has 37 heavy (non-hydrogen) atoms. The first-order valence-corrected chi connectivity index (χ1v) is 14.8. The van der Waals surface area contributed by atoms with Gasteiger partial charge >= 0.3 is 0 Å². The third kappa shape index (κ3) is 4.03. The molecule has 15 heteroatoms. The van der Waals surface area contributed by atoms with Gasteiger partial charge in [-0.2, -0.15) is 0 Å². The van der Waals surface area contributed by atoms with Gasteiger partial charge in [-0.3, -0.25) is 4.98 Å². The molecule has 2 aromatic rings. The van der Waals surface area contributed by atoms with Crippen LogP contribution in [0.2, 0.25) is 20.9 Å². The van der Waals surface area contributed by atoms with Gasteiger partial charge in [-0.25, -0.2) is 0 Å². The molecule has 186 valence electrons. The molecule has 0 bridgehead atoms. The predicted molar refractivity (Wildman–Crippen MR) is 185 cm³/mol. The Balaban J connectivity index is 1.83. The molecule has 4 rings (SSSR count). The van der Waals surface area contributed by atoms with Crippen molar-refractivity contribution < 1.29 is 9.47 Å². The largest absolute Gasteiger partial charge is 0.496 e. The van der Waals surface area contributed by atoms with E-state index in [0.29, 0.717) is 0 Å². The third-order valence-corrected chi connectivity index (χ3v) is 11.8. The summed E-state index contributed by atoms with van der Waals surface area (Å²) < 4.78 is 12.9. The van der Waals surface area contributed by atoms with Crippen molar-refractivity contribution in [2.75, 3.05) is 20.3 Å². The lowest BCUT2D eigenvalue weighted by molar-refractivity contribution is -0.135. The smallest absolute Gasteiger partial charge is 0.133 e. The number of hydrogen-bond donors (Lipinski definition) is 1. The van der Waals surface area contributed by atoms with Crippen molar-refractivity contribution in [1.29, 1.82) is 0 Å². The Bertz CT molecular complexity index is 1110. The molecule has 2 aromatic heterocycles. The van der Waals surface area contributed by atoms with E-state index in [1.165, 1.54) is 23.4 Å². The van der Waals surface area contributed by atoms with Crippen LogP contribution in [0.5, 0.6) is 5.75 Å². The Kier molecular flexibility index (Phi) is 7.42. The molecule has 1 saturated heterocycles. The number of pyridine rings is 1. The quantitative estimate of drug-likeness (QED) is 0.383. The molecular weight excluding hydrogens is 464 g/mol. The highest BCUT2D eigenvalue weighted by Crippen LogP contribution is 2.78. The summed E-state index contributed by atoms with van der Waals surface area (Å²) in [6, 6.07) is 8.54. The summed E-state index contributed by atoms with van der Waals surface area (Å²) in [7, 11) is 25.8. The Labute approximate surface area is 237 Å². The number of aromatic nitrogens is 1. The first-order valence-electron chi connectivity index (χ1n) is 14.0. The molecule has 0 amide bonds. The predicted octanol–water partition coefficient (Wildman–Crippen LogP) is -5.46. The molecule has 0 radical (unpaired) electrons. The highest BCUT2D eigenvalue weighted by atomic mass is 32.1. The SMILES string of the molecule is BC(B)(NCC[C@@]1(c2ccccn2)C(B)(B)COC2(C(B)(B)CCC2(B)B)C1(B)B)c1sccc1OC. The van der Waals surface area contributed by atoms with Crippen LogP contribution in [0.3, 0.4) is 0 Å². The summed E-state index contributed by atoms with van der Waals surface area (Å²) in [5.41, 5.74) is 0.701. The van der Waals surface area contributed by atoms with Gasteiger partial charge in [-0.1, -0.05) is 34.5 Å². The highest BCUT2D eigenvalue weighted by molar-refractivity contribution is 7.11. The summed E-state index contributed by atoms with van der Waals surface area (Å²) in [5.74, 6) is 0.960. The second kappa shape index (κ2) is 9.40. The summed E-state index contributed by atoms with van der Waals surface area (Å²) >= 11 is 1.76. The molecule has 4 nitrogen and oxygen atoms in total. The zero-order valence-electron chi connectivity index (χ0n) is 25.2. The molecule has 1 N–H and O–H groups in total. The first kappa shape index (κ1) is 29.2. The lowest BCUT2D eigenvalue weighted by atomic mass is 9.16. The summed E-state index contributed by atoms with van der Waals surface area (Å²) in [5, 5.41) is 5.65. The minimum atomic E-state index is -0.285. The van der Waals surface area contributed by atoms with E-state index in [1.807, 2.05) is 12.3 Å². The lowest BCUT2D eigenvalue weighted by Crippen LogP contribution is -2.73. The van der Waals surface area contributed by atoms with Gasteiger partial charge in [-0.15, -0.1) is 11.3 Å². The maximum Gasteiger partial charge on any atom is 0.133 e. The van der Waals surface area contributed by atoms with Gasteiger partial charge in [-0.05, 0) is 47.1 Å². The number of rotatable bonds is 7. The molecule has 2 fully saturated rings. The number of nitrogens with zero attached hydrogens (tertiary/aromatic N) is 1. The molecule has 1 aliphatic carbocycles. The first-order chi connectivity index (χ1) is 17.0. The van der Waals surface area contributed by atoms with E-state index in [4.69, 9.17) is 14.5 Å². The molecule has 2 aliphatic rings. The minimum absolute atomic E-state index is 0.0492. The Morgan fingerprint density at radius 3 is 2.22 bits per heavy atom. The van der Waals surface area contributed by atoms with Gasteiger partial charge in [0, 0.05) is 34.4 Å². The van der Waals surface area contributed by atoms with E-state index in [9.17, 15) is 0 Å². The fraction of sp³-hybridized carbons (Fsp3) is 0.591. The number of thiophene rings is 1. The monoisotopic (exact) mass is 506 g/mol. The topological polar surface area (TPSA) is 43.4 Å². The van der Waals surface area contributed by atoms with E-state index in [1.54, 1.807) is 18.4 Å². The van der Waals surface area contributed by atoms with Crippen molar-refractivity contribution >= 4 is 89.8 Å². The van der Waals surface area contributed by atoms with Crippen molar-refractivity contribution in [1.82, 2.24) is 10.3 Å². The van der Waals surface area contributed by atoms with Crippen molar-refractivity contribution in [3.8, 4) is 5.75 Å². The third-order valence-electron chi connectivity index (χ3n) is 10.6. The molecule has 1 atom stereocenters. The van der Waals surface area contributed by atoms with Crippen LogP contribution in [0.1, 0.15) is 29.8 Å². The standard InChI is InChI=1S/C22H40B10N2O2S/c1-35-13-5-11-37-15(13)20(29,30)34-10-8-16(14-4-2-3-9-33-14)19(27,28)12-36-21(22(16,31)32)17(23,24)6-7-18(21,25)26/h2-5,9,11,34H,6-8,10,12,23-32H2,1H3/t16-/m1/s1. The second-order valence-electron chi connectivity index (χ2n) is 14.5. The van der Waals surface area contributed by atoms with E-state index >= 15 is 0 Å². The van der Waals surface area contributed by atoms with Crippen molar-refractivity contribution in [3.05, 3.63) is 46.4 Å². The number of methoxy groups -OCH3 is 1. The highest BCUT2D eigenvalue weighted by Gasteiger charge is 2.75. The normalized spacial score (nSPS) is 27.1. The molecule has 1 spiro atoms. The van der Waals surface area contributed by atoms with Crippen LogP contribution in [-0.2, 0) is 15.5 Å². The van der Waals surface area contributed by atoms with Crippen LogP contribution in [0.15, 0.2) is 35.8 Å². The molecule has 0 aromatic carbocycles. The van der Waals surface area contributed by atoms with Crippen LogP contribution >= 0.6 is 11.3 Å². The van der Waals surface area contributed by atoms with Crippen molar-refractivity contribution in [2.45, 2.75) is 56.5 Å². The van der Waals surface area contributed by atoms with Crippen LogP contribution in [0, 0.1) is 0 Å². The summed E-state index contributed by atoms with van der Waals surface area (Å²) in [6.07, 6.45) is 5.29. The maximum atomic E-state index is 7.24. The van der Waals surface area contributed by atoms with Gasteiger partial charge in [0.2, 0.25) is 0 Å². The Morgan fingerprint density at radius 2 is 1.65 bits per heavy atom. The number of hydrogen-bond acceptors (Lipinski definition) is 5. The molecule has 0 unspecified atom stereocenters. The molecule has 3 heterocycles. The van der Waals surface area contributed by atoms with Gasteiger partial charge in [0.25, 0.3) is 0 Å². The van der Waals surface area contributed by atoms with Gasteiger partial charge in [0.15, 0.2) is 0 Å². The van der Waals surface area contributed by atoms with Crippen molar-refractivity contribution in [3.63, 3.8) is 0 Å². The van der Waals surface area contributed by atoms with Gasteiger partial charge in [0.1, 0.15) is 84.2 Å². The number of ether oxygens (including phenoxy) is 2. The minimum Gasteiger partial charge on any atom is -0.496 e. The van der Waals surface area contributed by atoms with E-state index < -0.39 is 0 Å². The van der Waals surface area contributed by atoms with Crippen LogP contribution in [0.4, 0.5) is 0 Å². The van der Waals surface area contributed by atoms with E-state index in [-0.39, 0.29) is 37.2 Å². The van der Waals surface area contributed by atoms with E-state index in [0.717, 1.165) is 25.3 Å². The van der Waals surface area contributed by atoms with Gasteiger partial charge < -0.3 is 14.8 Å². The molecule has 1 saturated carbocycles. The Morgan fingerprint density at radius 1 is 1.00 bits per heavy atom. The average molecular weight is 505 g/mol. The average Bonchev–Trinajstić information content (AvgIpc) is 3.36. The maximum absolute atomic E-state index is 7.24. The van der Waals surface area contributed by atoms with Crippen LogP contribution in [-0.4, -0.2) is 109 Å². The fourth-order valence-corrected chi connectivity index (χ4v) is 10.3. The molecule has 1 aliphatic heterocycles. The summed E-state index contributed by atoms with van der Waals surface area (Å²) in [4.78, 5) is 6.34. The van der Waals surface area contributed by atoms with Gasteiger partial charge in [0.05, 0.1) is 7.11 Å². The second-order valence-corrected chi connectivity index (χ2v) is 15.4. The van der Waals surface area contributed by atoms with E-state index in [2.05, 4.69) is 107 Å². The zero-order chi connectivity index (χ0) is 27.5. The fourth-order valence-electron chi connectivity index (χ4n) is 9.33. The molecular formula is C22H40B10N2O2S. The Hall–Kier alpha value is -0.781. The lowest BCUT2D eigenvalue weighted by Gasteiger charge is -2.73. The van der Waals surface area contributed by atoms with Crippen molar-refractivity contribution in [2.24, 2.45) is 0 Å². The summed E-state index contributed by atoms with van der Waals surface area (Å²) in [6.45, 7) is 1.59. The van der Waals surface area contributed by atoms with Crippen LogP contribution < -0.4 is 10.1 Å². The number of nitrogens with one attached hydrogen (secondary N) is 1.